The van der Waals surface area contributed by atoms with Gasteiger partial charge >= 0.3 is 12.1 Å². The van der Waals surface area contributed by atoms with Gasteiger partial charge in [0.05, 0.1) is 33.1 Å². The van der Waals surface area contributed by atoms with Crippen LogP contribution in [0.2, 0.25) is 5.02 Å². The maximum Gasteiger partial charge on any atom is 0.416 e. The first-order valence-corrected chi connectivity index (χ1v) is 15.6. The molecule has 9 nitrogen and oxygen atoms in total. The van der Waals surface area contributed by atoms with Crippen LogP contribution in [0.4, 0.5) is 13.2 Å². The van der Waals surface area contributed by atoms with Crippen LogP contribution in [0.15, 0.2) is 63.3 Å². The number of fused-ring (bicyclic) bond motifs is 1. The number of hydrogen-bond acceptors (Lipinski definition) is 8. The summed E-state index contributed by atoms with van der Waals surface area (Å²) in [5, 5.41) is 7.29. The first-order valence-electron chi connectivity index (χ1n) is 12.1. The van der Waals surface area contributed by atoms with Crippen molar-refractivity contribution >= 4 is 37.2 Å². The van der Waals surface area contributed by atoms with Crippen LogP contribution >= 0.6 is 11.6 Å². The Balaban J connectivity index is 1.63. The number of carbonyl (C=O) groups excluding carboxylic acids is 1. The van der Waals surface area contributed by atoms with Gasteiger partial charge in [-0.2, -0.15) is 18.3 Å². The average Bonchev–Trinajstić information content (AvgIpc) is 3.30. The van der Waals surface area contributed by atoms with Crippen molar-refractivity contribution in [2.24, 2.45) is 0 Å². The van der Waals surface area contributed by atoms with Gasteiger partial charge in [-0.25, -0.2) is 16.8 Å². The van der Waals surface area contributed by atoms with E-state index in [-0.39, 0.29) is 23.1 Å². The molecule has 1 heterocycles. The molecule has 15 heteroatoms. The molecule has 1 aliphatic rings. The van der Waals surface area contributed by atoms with Crippen LogP contribution in [-0.4, -0.2) is 45.1 Å². The van der Waals surface area contributed by atoms with Crippen LogP contribution in [0.3, 0.4) is 0 Å². The molecule has 216 valence electrons. The highest BCUT2D eigenvalue weighted by Crippen LogP contribution is 2.35. The molecule has 40 heavy (non-hydrogen) atoms. The Labute approximate surface area is 234 Å². The van der Waals surface area contributed by atoms with Crippen LogP contribution in [0.25, 0.3) is 0 Å². The summed E-state index contributed by atoms with van der Waals surface area (Å²) in [6.07, 6.45) is -1.73. The number of halogens is 4. The first-order chi connectivity index (χ1) is 18.7. The van der Waals surface area contributed by atoms with Gasteiger partial charge < -0.3 is 4.74 Å². The van der Waals surface area contributed by atoms with Gasteiger partial charge in [-0.1, -0.05) is 11.6 Å². The molecule has 3 aromatic rings. The summed E-state index contributed by atoms with van der Waals surface area (Å²) in [5.74, 6) is -1.23. The van der Waals surface area contributed by atoms with Gasteiger partial charge in [-0.05, 0) is 68.7 Å². The first kappa shape index (κ1) is 30.0. The lowest BCUT2D eigenvalue weighted by Gasteiger charge is -2.24. The third-order valence-electron chi connectivity index (χ3n) is 6.37. The molecule has 0 amide bonds. The summed E-state index contributed by atoms with van der Waals surface area (Å²) in [6.45, 7) is 1.78. The van der Waals surface area contributed by atoms with E-state index in [0.29, 0.717) is 37.0 Å². The Bertz CT molecular complexity index is 1620. The smallest absolute Gasteiger partial charge is 0.416 e. The lowest BCUT2D eigenvalue weighted by molar-refractivity contribution is -0.144. The molecule has 0 saturated carbocycles. The number of aromatic nitrogens is 2. The highest BCUT2D eigenvalue weighted by molar-refractivity contribution is 7.92. The van der Waals surface area contributed by atoms with E-state index in [9.17, 15) is 34.8 Å². The molecule has 0 fully saturated rings. The largest absolute Gasteiger partial charge is 0.465 e. The highest BCUT2D eigenvalue weighted by Gasteiger charge is 2.35. The van der Waals surface area contributed by atoms with Gasteiger partial charge in [0, 0.05) is 22.3 Å². The molecule has 0 unspecified atom stereocenters. The zero-order chi connectivity index (χ0) is 29.3. The Morgan fingerprint density at radius 3 is 2.42 bits per heavy atom. The highest BCUT2D eigenvalue weighted by atomic mass is 35.5. The second kappa shape index (κ2) is 11.5. The van der Waals surface area contributed by atoms with E-state index >= 15 is 0 Å². The van der Waals surface area contributed by atoms with Crippen LogP contribution in [0.1, 0.15) is 42.6 Å². The fourth-order valence-electron chi connectivity index (χ4n) is 4.41. The molecular formula is C25H25ClF3N3O6S2. The molecule has 0 radical (unpaired) electrons. The predicted molar refractivity (Wildman–Crippen MR) is 138 cm³/mol. The third-order valence-corrected chi connectivity index (χ3v) is 9.87. The van der Waals surface area contributed by atoms with Crippen LogP contribution < -0.4 is 5.32 Å². The minimum atomic E-state index is -5.00. The quantitative estimate of drug-likeness (QED) is 0.351. The third kappa shape index (κ3) is 6.51. The van der Waals surface area contributed by atoms with Crippen molar-refractivity contribution in [3.8, 4) is 0 Å². The molecule has 4 rings (SSSR count). The molecule has 0 saturated heterocycles. The van der Waals surface area contributed by atoms with E-state index in [1.54, 1.807) is 6.92 Å². The van der Waals surface area contributed by atoms with Gasteiger partial charge in [0.25, 0.3) is 0 Å². The minimum Gasteiger partial charge on any atom is -0.465 e. The number of nitrogens with zero attached hydrogens (tertiary/aromatic N) is 2. The number of sulfone groups is 2. The number of benzene rings is 2. The molecule has 1 aromatic heterocycles. The van der Waals surface area contributed by atoms with Gasteiger partial charge in [0.1, 0.15) is 12.4 Å². The summed E-state index contributed by atoms with van der Waals surface area (Å²) in [6, 6.07) is 5.81. The van der Waals surface area contributed by atoms with E-state index in [4.69, 9.17) is 16.3 Å². The maximum atomic E-state index is 13.7. The fraction of sp³-hybridized carbons (Fsp3) is 0.360. The summed E-state index contributed by atoms with van der Waals surface area (Å²) in [5.41, 5.74) is -0.0216. The molecule has 1 N–H and O–H groups in total. The van der Waals surface area contributed by atoms with Gasteiger partial charge in [-0.15, -0.1) is 0 Å². The number of alkyl halides is 3. The summed E-state index contributed by atoms with van der Waals surface area (Å²) >= 11 is 5.79. The van der Waals surface area contributed by atoms with Crippen molar-refractivity contribution in [1.29, 1.82) is 0 Å². The monoisotopic (exact) mass is 619 g/mol. The number of nitrogens with one attached hydrogen (secondary N) is 1. The zero-order valence-corrected chi connectivity index (χ0v) is 23.5. The summed E-state index contributed by atoms with van der Waals surface area (Å²) in [4.78, 5) is 9.93. The Hall–Kier alpha value is -2.94. The van der Waals surface area contributed by atoms with Crippen molar-refractivity contribution in [1.82, 2.24) is 15.1 Å². The zero-order valence-electron chi connectivity index (χ0n) is 21.1. The number of rotatable bonds is 9. The number of hydrogen-bond donors (Lipinski definition) is 1. The van der Waals surface area contributed by atoms with Gasteiger partial charge in [0.15, 0.2) is 9.84 Å². The maximum absolute atomic E-state index is 13.7. The standard InChI is InChI=1S/C25H25ClF3N3O6S2/c1-2-38-24(33)14-32-23-5-3-4-22(21(23)13-31-32)30-15-39(34,35)19-10-16(25(27,28)29)11-20(12-19)40(36,37)18-8-6-17(26)7-9-18/h6-13,22,30H,2-5,14-15H2,1H3/t22-/m1/s1. The van der Waals surface area contributed by atoms with Crippen molar-refractivity contribution < 1.29 is 39.5 Å². The molecule has 0 aliphatic heterocycles. The average molecular weight is 620 g/mol. The second-order valence-electron chi connectivity index (χ2n) is 9.07. The summed E-state index contributed by atoms with van der Waals surface area (Å²) in [7, 11) is -8.93. The normalized spacial score (nSPS) is 16.0. The minimum absolute atomic E-state index is 0.108. The Morgan fingerprint density at radius 2 is 1.77 bits per heavy atom. The number of esters is 1. The van der Waals surface area contributed by atoms with Crippen LogP contribution in [0.5, 0.6) is 0 Å². The lowest BCUT2D eigenvalue weighted by atomic mass is 9.93. The van der Waals surface area contributed by atoms with E-state index in [1.807, 2.05) is 0 Å². The van der Waals surface area contributed by atoms with E-state index < -0.39 is 59.1 Å². The number of ether oxygens (including phenoxy) is 1. The molecular weight excluding hydrogens is 595 g/mol. The molecule has 0 spiro atoms. The van der Waals surface area contributed by atoms with Crippen molar-refractivity contribution in [2.75, 3.05) is 12.5 Å². The van der Waals surface area contributed by atoms with Gasteiger partial charge in [-0.3, -0.25) is 14.8 Å². The molecule has 1 aliphatic carbocycles. The Morgan fingerprint density at radius 1 is 1.10 bits per heavy atom. The molecule has 2 aromatic carbocycles. The number of carbonyl (C=O) groups is 1. The van der Waals surface area contributed by atoms with Crippen LogP contribution in [-0.2, 0) is 48.3 Å². The van der Waals surface area contributed by atoms with E-state index in [2.05, 4.69) is 10.4 Å². The lowest BCUT2D eigenvalue weighted by Crippen LogP contribution is -2.30. The predicted octanol–water partition coefficient (Wildman–Crippen LogP) is 4.35. The Kier molecular flexibility index (Phi) is 8.64. The summed E-state index contributed by atoms with van der Waals surface area (Å²) < 4.78 is 100. The van der Waals surface area contributed by atoms with Crippen molar-refractivity contribution in [3.63, 3.8) is 0 Å². The fourth-order valence-corrected chi connectivity index (χ4v) is 7.14. The van der Waals surface area contributed by atoms with Gasteiger partial charge in [0.2, 0.25) is 9.84 Å². The van der Waals surface area contributed by atoms with Crippen molar-refractivity contribution in [3.05, 3.63) is 70.5 Å². The van der Waals surface area contributed by atoms with Crippen molar-refractivity contribution in [2.45, 2.75) is 59.6 Å². The topological polar surface area (TPSA) is 124 Å². The van der Waals surface area contributed by atoms with E-state index in [1.165, 1.54) is 23.0 Å². The van der Waals surface area contributed by atoms with E-state index in [0.717, 1.165) is 23.9 Å². The molecule has 1 atom stereocenters. The van der Waals surface area contributed by atoms with Crippen LogP contribution in [0, 0.1) is 0 Å². The SMILES string of the molecule is CCOC(=O)Cn1ncc2c1CCC[C@H]2NCS(=O)(=O)c1cc(C(F)(F)F)cc(S(=O)(=O)c2ccc(Cl)cc2)c1. The molecule has 0 bridgehead atoms. The second-order valence-corrected chi connectivity index (χ2v) is 13.4.